The Morgan fingerprint density at radius 1 is 1.19 bits per heavy atom. The van der Waals surface area contributed by atoms with E-state index in [1.807, 2.05) is 11.5 Å². The summed E-state index contributed by atoms with van der Waals surface area (Å²) in [6.45, 7) is 3.97. The van der Waals surface area contributed by atoms with Crippen molar-refractivity contribution in [3.05, 3.63) is 47.5 Å². The van der Waals surface area contributed by atoms with Crippen LogP contribution in [0, 0.1) is 0 Å². The van der Waals surface area contributed by atoms with Gasteiger partial charge in [-0.2, -0.15) is 13.2 Å². The minimum absolute atomic E-state index is 0. The van der Waals surface area contributed by atoms with E-state index >= 15 is 0 Å². The summed E-state index contributed by atoms with van der Waals surface area (Å²) in [5, 5.41) is 14.9. The Morgan fingerprint density at radius 3 is 2.55 bits per heavy atom. The molecule has 3 rings (SSSR count). The van der Waals surface area contributed by atoms with Gasteiger partial charge in [0.1, 0.15) is 12.2 Å². The summed E-state index contributed by atoms with van der Waals surface area (Å²) in [6, 6.07) is 5.71. The Labute approximate surface area is 198 Å². The monoisotopic (exact) mass is 550 g/mol. The zero-order valence-corrected chi connectivity index (χ0v) is 20.0. The molecule has 0 saturated heterocycles. The highest BCUT2D eigenvalue weighted by Crippen LogP contribution is 2.29. The number of aryl methyl sites for hydroxylation is 1. The first kappa shape index (κ1) is 25.4. The number of nitrogens with one attached hydrogen (secondary N) is 2. The number of benzene rings is 1. The number of alkyl halides is 3. The number of aromatic nitrogens is 3. The van der Waals surface area contributed by atoms with Crippen LogP contribution in [0.4, 0.5) is 13.2 Å². The van der Waals surface area contributed by atoms with E-state index in [0.29, 0.717) is 25.6 Å². The van der Waals surface area contributed by atoms with E-state index in [4.69, 9.17) is 0 Å². The van der Waals surface area contributed by atoms with E-state index in [9.17, 15) is 13.2 Å². The highest BCUT2D eigenvalue weighted by molar-refractivity contribution is 14.0. The molecule has 1 aliphatic rings. The molecule has 0 unspecified atom stereocenters. The molecule has 1 fully saturated rings. The van der Waals surface area contributed by atoms with Crippen molar-refractivity contribution in [2.45, 2.75) is 64.2 Å². The molecule has 1 heterocycles. The average molecular weight is 550 g/mol. The molecule has 1 aromatic heterocycles. The number of hydrogen-bond acceptors (Lipinski definition) is 3. The molecule has 0 bridgehead atoms. The van der Waals surface area contributed by atoms with Crippen molar-refractivity contribution in [1.29, 1.82) is 0 Å². The number of hydrogen-bond donors (Lipinski definition) is 2. The van der Waals surface area contributed by atoms with E-state index in [1.165, 1.54) is 25.0 Å². The first-order chi connectivity index (χ1) is 14.5. The zero-order chi connectivity index (χ0) is 21.4. The number of guanidine groups is 1. The second kappa shape index (κ2) is 12.3. The van der Waals surface area contributed by atoms with Crippen molar-refractivity contribution in [3.8, 4) is 0 Å². The summed E-state index contributed by atoms with van der Waals surface area (Å²) in [4.78, 5) is 4.65. The minimum atomic E-state index is -4.30. The van der Waals surface area contributed by atoms with Gasteiger partial charge in [-0.05, 0) is 37.0 Å². The zero-order valence-electron chi connectivity index (χ0n) is 17.7. The first-order valence-corrected chi connectivity index (χ1v) is 10.5. The highest BCUT2D eigenvalue weighted by Gasteiger charge is 2.29. The standard InChI is InChI=1S/C21H29F3N6.HI/c1-2-19-29-27-15-30(19)14-13-26-20(28-18-5-3-4-6-18)25-12-11-16-7-9-17(10-8-16)21(22,23)24;/h7-10,15,18H,2-6,11-14H2,1H3,(H2,25,26,28);1H. The quantitative estimate of drug-likeness (QED) is 0.294. The Morgan fingerprint density at radius 2 is 1.90 bits per heavy atom. The highest BCUT2D eigenvalue weighted by atomic mass is 127. The van der Waals surface area contributed by atoms with Crippen molar-refractivity contribution >= 4 is 29.9 Å². The van der Waals surface area contributed by atoms with Gasteiger partial charge in [-0.1, -0.05) is 31.9 Å². The van der Waals surface area contributed by atoms with Crippen LogP contribution in [-0.4, -0.2) is 39.9 Å². The van der Waals surface area contributed by atoms with Gasteiger partial charge in [-0.3, -0.25) is 4.99 Å². The van der Waals surface area contributed by atoms with Gasteiger partial charge >= 0.3 is 6.18 Å². The molecule has 0 spiro atoms. The van der Waals surface area contributed by atoms with Crippen molar-refractivity contribution in [3.63, 3.8) is 0 Å². The van der Waals surface area contributed by atoms with Gasteiger partial charge in [0.15, 0.2) is 5.96 Å². The molecule has 31 heavy (non-hydrogen) atoms. The molecular formula is C21H30F3IN6. The normalized spacial score (nSPS) is 15.0. The van der Waals surface area contributed by atoms with Crippen LogP contribution in [0.3, 0.4) is 0 Å². The minimum Gasteiger partial charge on any atom is -0.355 e. The van der Waals surface area contributed by atoms with Crippen LogP contribution in [0.2, 0.25) is 0 Å². The maximum absolute atomic E-state index is 12.7. The lowest BCUT2D eigenvalue weighted by Crippen LogP contribution is -2.43. The lowest BCUT2D eigenvalue weighted by molar-refractivity contribution is -0.137. The number of halogens is 4. The maximum atomic E-state index is 12.7. The summed E-state index contributed by atoms with van der Waals surface area (Å²) >= 11 is 0. The molecule has 1 aromatic carbocycles. The fourth-order valence-electron chi connectivity index (χ4n) is 3.61. The van der Waals surface area contributed by atoms with Crippen LogP contribution in [0.25, 0.3) is 0 Å². The lowest BCUT2D eigenvalue weighted by atomic mass is 10.1. The molecule has 0 radical (unpaired) electrons. The van der Waals surface area contributed by atoms with Gasteiger partial charge in [0.2, 0.25) is 0 Å². The van der Waals surface area contributed by atoms with Crippen molar-refractivity contribution in [1.82, 2.24) is 25.4 Å². The van der Waals surface area contributed by atoms with E-state index in [1.54, 1.807) is 6.33 Å². The molecule has 0 atom stereocenters. The topological polar surface area (TPSA) is 67.1 Å². The van der Waals surface area contributed by atoms with Gasteiger partial charge in [0.25, 0.3) is 0 Å². The molecule has 0 aliphatic heterocycles. The van der Waals surface area contributed by atoms with Crippen LogP contribution >= 0.6 is 24.0 Å². The van der Waals surface area contributed by atoms with Crippen molar-refractivity contribution in [2.24, 2.45) is 4.99 Å². The Bertz CT molecular complexity index is 813. The van der Waals surface area contributed by atoms with Crippen LogP contribution < -0.4 is 10.6 Å². The molecular weight excluding hydrogens is 520 g/mol. The lowest BCUT2D eigenvalue weighted by Gasteiger charge is -2.18. The maximum Gasteiger partial charge on any atom is 0.416 e. The van der Waals surface area contributed by atoms with Crippen LogP contribution in [0.15, 0.2) is 35.6 Å². The summed E-state index contributed by atoms with van der Waals surface area (Å²) in [5.41, 5.74) is 0.212. The van der Waals surface area contributed by atoms with Gasteiger partial charge < -0.3 is 15.2 Å². The second-order valence-corrected chi connectivity index (χ2v) is 7.52. The third-order valence-corrected chi connectivity index (χ3v) is 5.30. The Hall–Kier alpha value is -1.85. The van der Waals surface area contributed by atoms with Crippen LogP contribution in [0.5, 0.6) is 0 Å². The second-order valence-electron chi connectivity index (χ2n) is 7.52. The summed E-state index contributed by atoms with van der Waals surface area (Å²) in [7, 11) is 0. The molecule has 10 heteroatoms. The summed E-state index contributed by atoms with van der Waals surface area (Å²) < 4.78 is 40.1. The van der Waals surface area contributed by atoms with Crippen molar-refractivity contribution in [2.75, 3.05) is 13.1 Å². The van der Waals surface area contributed by atoms with E-state index < -0.39 is 11.7 Å². The van der Waals surface area contributed by atoms with Gasteiger partial charge in [-0.25, -0.2) is 0 Å². The van der Waals surface area contributed by atoms with Gasteiger partial charge in [-0.15, -0.1) is 34.2 Å². The van der Waals surface area contributed by atoms with Crippen LogP contribution in [-0.2, 0) is 25.6 Å². The predicted molar refractivity (Wildman–Crippen MR) is 126 cm³/mol. The molecule has 1 aliphatic carbocycles. The predicted octanol–water partition coefficient (Wildman–Crippen LogP) is 4.20. The number of aliphatic imine (C=N–C) groups is 1. The number of rotatable bonds is 8. The average Bonchev–Trinajstić information content (AvgIpc) is 3.39. The summed E-state index contributed by atoms with van der Waals surface area (Å²) in [6.07, 6.45) is 3.54. The van der Waals surface area contributed by atoms with E-state index in [0.717, 1.165) is 55.3 Å². The molecule has 6 nitrogen and oxygen atoms in total. The molecule has 172 valence electrons. The molecule has 1 saturated carbocycles. The third kappa shape index (κ3) is 7.97. The van der Waals surface area contributed by atoms with Crippen molar-refractivity contribution < 1.29 is 13.2 Å². The van der Waals surface area contributed by atoms with Gasteiger partial charge in [0, 0.05) is 32.1 Å². The largest absolute Gasteiger partial charge is 0.416 e. The fraction of sp³-hybridized carbons (Fsp3) is 0.571. The Kier molecular flexibility index (Phi) is 10.0. The fourth-order valence-corrected chi connectivity index (χ4v) is 3.61. The van der Waals surface area contributed by atoms with Gasteiger partial charge in [0.05, 0.1) is 5.56 Å². The first-order valence-electron chi connectivity index (χ1n) is 10.5. The summed E-state index contributed by atoms with van der Waals surface area (Å²) in [5.74, 6) is 1.70. The molecule has 0 amide bonds. The van der Waals surface area contributed by atoms with E-state index in [2.05, 4.69) is 25.8 Å². The SMILES string of the molecule is CCc1nncn1CCNC(=NCCc1ccc(C(F)(F)F)cc1)NC1CCCC1.I. The van der Waals surface area contributed by atoms with Crippen LogP contribution in [0.1, 0.15) is 49.6 Å². The smallest absolute Gasteiger partial charge is 0.355 e. The number of nitrogens with zero attached hydrogens (tertiary/aromatic N) is 4. The third-order valence-electron chi connectivity index (χ3n) is 5.30. The molecule has 2 aromatic rings. The van der Waals surface area contributed by atoms with E-state index in [-0.39, 0.29) is 24.0 Å². The molecule has 2 N–H and O–H groups in total. The Balaban J connectivity index is 0.00000341.